The van der Waals surface area contributed by atoms with Crippen molar-refractivity contribution in [1.82, 2.24) is 9.55 Å². The average molecular weight is 441 g/mol. The fourth-order valence-electron chi connectivity index (χ4n) is 3.19. The highest BCUT2D eigenvalue weighted by molar-refractivity contribution is 7.99. The van der Waals surface area contributed by atoms with Gasteiger partial charge in [-0.2, -0.15) is 0 Å². The lowest BCUT2D eigenvalue weighted by Gasteiger charge is -2.17. The van der Waals surface area contributed by atoms with E-state index < -0.39 is 6.10 Å². The Hall–Kier alpha value is -2.77. The first-order valence-corrected chi connectivity index (χ1v) is 11.1. The summed E-state index contributed by atoms with van der Waals surface area (Å²) in [6.45, 7) is 5.94. The predicted molar refractivity (Wildman–Crippen MR) is 123 cm³/mol. The molecule has 0 bridgehead atoms. The van der Waals surface area contributed by atoms with E-state index in [0.29, 0.717) is 28.7 Å². The van der Waals surface area contributed by atoms with E-state index in [-0.39, 0.29) is 12.4 Å². The summed E-state index contributed by atoms with van der Waals surface area (Å²) < 4.78 is 13.1. The van der Waals surface area contributed by atoms with Crippen molar-refractivity contribution < 1.29 is 19.4 Å². The lowest BCUT2D eigenvalue weighted by Crippen LogP contribution is -2.20. The number of aliphatic hydroxyl groups excluding tert-OH is 1. The largest absolute Gasteiger partial charge is 0.493 e. The van der Waals surface area contributed by atoms with Gasteiger partial charge in [-0.3, -0.25) is 9.36 Å². The van der Waals surface area contributed by atoms with E-state index in [9.17, 15) is 9.90 Å². The summed E-state index contributed by atoms with van der Waals surface area (Å²) in [5.74, 6) is 1.72. The number of ketones is 1. The van der Waals surface area contributed by atoms with Gasteiger partial charge in [0.1, 0.15) is 6.61 Å². The first kappa shape index (κ1) is 22.9. The SMILES string of the molecule is COc1cc(C(C)=O)ccc1OCC(O)CSc1nccn1-c1ccccc1C(C)C. The normalized spacial score (nSPS) is 12.1. The minimum Gasteiger partial charge on any atom is -0.493 e. The molecule has 2 aromatic carbocycles. The molecular weight excluding hydrogens is 412 g/mol. The van der Waals surface area contributed by atoms with Crippen molar-refractivity contribution in [2.45, 2.75) is 37.9 Å². The molecule has 1 unspecified atom stereocenters. The summed E-state index contributed by atoms with van der Waals surface area (Å²) in [6.07, 6.45) is 3.00. The highest BCUT2D eigenvalue weighted by atomic mass is 32.2. The van der Waals surface area contributed by atoms with Gasteiger partial charge in [-0.25, -0.2) is 4.98 Å². The third kappa shape index (κ3) is 5.68. The van der Waals surface area contributed by atoms with Gasteiger partial charge in [0.2, 0.25) is 0 Å². The van der Waals surface area contributed by atoms with Crippen LogP contribution < -0.4 is 9.47 Å². The molecular formula is C24H28N2O4S. The number of hydrogen-bond acceptors (Lipinski definition) is 6. The number of methoxy groups -OCH3 is 1. The number of imidazole rings is 1. The van der Waals surface area contributed by atoms with Gasteiger partial charge in [-0.05, 0) is 42.7 Å². The average Bonchev–Trinajstić information content (AvgIpc) is 3.24. The number of thioether (sulfide) groups is 1. The molecule has 0 fully saturated rings. The molecule has 1 atom stereocenters. The minimum absolute atomic E-state index is 0.0455. The van der Waals surface area contributed by atoms with Crippen molar-refractivity contribution in [3.63, 3.8) is 0 Å². The van der Waals surface area contributed by atoms with E-state index in [4.69, 9.17) is 9.47 Å². The van der Waals surface area contributed by atoms with Crippen molar-refractivity contribution in [2.24, 2.45) is 0 Å². The molecule has 0 radical (unpaired) electrons. The van der Waals surface area contributed by atoms with E-state index >= 15 is 0 Å². The van der Waals surface area contributed by atoms with Crippen LogP contribution >= 0.6 is 11.8 Å². The third-order valence-electron chi connectivity index (χ3n) is 4.83. The lowest BCUT2D eigenvalue weighted by atomic mass is 10.0. The van der Waals surface area contributed by atoms with Crippen LogP contribution in [0.5, 0.6) is 11.5 Å². The summed E-state index contributed by atoms with van der Waals surface area (Å²) in [5, 5.41) is 11.3. The molecule has 1 N–H and O–H groups in total. The fourth-order valence-corrected chi connectivity index (χ4v) is 4.06. The Balaban J connectivity index is 1.63. The maximum absolute atomic E-state index is 11.5. The Morgan fingerprint density at radius 1 is 1.19 bits per heavy atom. The zero-order valence-corrected chi connectivity index (χ0v) is 19.1. The number of Topliss-reactive ketones (excluding diaryl/α,β-unsaturated/α-hetero) is 1. The number of hydrogen-bond donors (Lipinski definition) is 1. The molecule has 0 spiro atoms. The summed E-state index contributed by atoms with van der Waals surface area (Å²) >= 11 is 1.47. The topological polar surface area (TPSA) is 73.6 Å². The van der Waals surface area contributed by atoms with Gasteiger partial charge >= 0.3 is 0 Å². The third-order valence-corrected chi connectivity index (χ3v) is 5.94. The first-order valence-electron chi connectivity index (χ1n) is 10.2. The number of nitrogens with zero attached hydrogens (tertiary/aromatic N) is 2. The second kappa shape index (κ2) is 10.5. The molecule has 0 amide bonds. The van der Waals surface area contributed by atoms with E-state index in [1.54, 1.807) is 24.4 Å². The molecule has 6 nitrogen and oxygen atoms in total. The van der Waals surface area contributed by atoms with Crippen molar-refractivity contribution in [3.8, 4) is 17.2 Å². The maximum atomic E-state index is 11.5. The van der Waals surface area contributed by atoms with Gasteiger partial charge < -0.3 is 14.6 Å². The summed E-state index contributed by atoms with van der Waals surface area (Å²) in [6, 6.07) is 13.3. The highest BCUT2D eigenvalue weighted by Crippen LogP contribution is 2.30. The lowest BCUT2D eigenvalue weighted by molar-refractivity contribution is 0.101. The second-order valence-electron chi connectivity index (χ2n) is 7.49. The van der Waals surface area contributed by atoms with Crippen molar-refractivity contribution >= 4 is 17.5 Å². The number of carbonyl (C=O) groups excluding carboxylic acids is 1. The molecule has 0 aliphatic rings. The van der Waals surface area contributed by atoms with Gasteiger partial charge in [0.05, 0.1) is 18.9 Å². The predicted octanol–water partition coefficient (Wildman–Crippen LogP) is 4.74. The molecule has 31 heavy (non-hydrogen) atoms. The van der Waals surface area contributed by atoms with Gasteiger partial charge in [-0.15, -0.1) is 0 Å². The van der Waals surface area contributed by atoms with Crippen LogP contribution in [-0.4, -0.2) is 46.0 Å². The number of carbonyl (C=O) groups is 1. The Labute approximate surface area is 187 Å². The fraction of sp³-hybridized carbons (Fsp3) is 0.333. The second-order valence-corrected chi connectivity index (χ2v) is 8.48. The molecule has 3 aromatic rings. The molecule has 164 valence electrons. The molecule has 0 saturated heterocycles. The molecule has 0 saturated carbocycles. The van der Waals surface area contributed by atoms with E-state index in [0.717, 1.165) is 10.8 Å². The molecule has 1 aromatic heterocycles. The monoisotopic (exact) mass is 440 g/mol. The van der Waals surface area contributed by atoms with Crippen LogP contribution in [0.1, 0.15) is 42.6 Å². The van der Waals surface area contributed by atoms with Gasteiger partial charge in [0, 0.05) is 23.7 Å². The number of para-hydroxylation sites is 1. The molecule has 7 heteroatoms. The van der Waals surface area contributed by atoms with E-state index in [1.165, 1.54) is 31.4 Å². The zero-order valence-electron chi connectivity index (χ0n) is 18.2. The molecule has 3 rings (SSSR count). The van der Waals surface area contributed by atoms with Crippen LogP contribution in [0.3, 0.4) is 0 Å². The van der Waals surface area contributed by atoms with Gasteiger partial charge in [0.15, 0.2) is 22.4 Å². The summed E-state index contributed by atoms with van der Waals surface area (Å²) in [7, 11) is 1.52. The molecule has 0 aliphatic heterocycles. The quantitative estimate of drug-likeness (QED) is 0.363. The van der Waals surface area contributed by atoms with Crippen molar-refractivity contribution in [3.05, 3.63) is 66.0 Å². The van der Waals surface area contributed by atoms with Gasteiger partial charge in [-0.1, -0.05) is 43.8 Å². The standard InChI is InChI=1S/C24H28N2O4S/c1-16(2)20-7-5-6-8-21(20)26-12-11-25-24(26)31-15-19(28)14-30-22-10-9-18(17(3)27)13-23(22)29-4/h5-13,16,19,28H,14-15H2,1-4H3. The first-order chi connectivity index (χ1) is 14.9. The van der Waals surface area contributed by atoms with E-state index in [1.807, 2.05) is 18.3 Å². The molecule has 1 heterocycles. The number of rotatable bonds is 10. The van der Waals surface area contributed by atoms with E-state index in [2.05, 4.69) is 35.5 Å². The Morgan fingerprint density at radius 2 is 1.97 bits per heavy atom. The highest BCUT2D eigenvalue weighted by Gasteiger charge is 2.15. The minimum atomic E-state index is -0.701. The number of aliphatic hydroxyl groups is 1. The summed E-state index contributed by atoms with van der Waals surface area (Å²) in [5.41, 5.74) is 2.89. The van der Waals surface area contributed by atoms with Gasteiger partial charge in [0.25, 0.3) is 0 Å². The Kier molecular flexibility index (Phi) is 7.76. The molecule has 0 aliphatic carbocycles. The Bertz CT molecular complexity index is 1030. The van der Waals surface area contributed by atoms with Crippen LogP contribution in [0.4, 0.5) is 0 Å². The summed E-state index contributed by atoms with van der Waals surface area (Å²) in [4.78, 5) is 16.0. The van der Waals surface area contributed by atoms with Crippen molar-refractivity contribution in [1.29, 1.82) is 0 Å². The number of ether oxygens (including phenoxy) is 2. The van der Waals surface area contributed by atoms with Crippen molar-refractivity contribution in [2.75, 3.05) is 19.5 Å². The van der Waals surface area contributed by atoms with Crippen LogP contribution in [0, 0.1) is 0 Å². The number of aromatic nitrogens is 2. The maximum Gasteiger partial charge on any atom is 0.172 e. The van der Waals surface area contributed by atoms with Crippen LogP contribution in [0.2, 0.25) is 0 Å². The zero-order chi connectivity index (χ0) is 22.4. The number of benzene rings is 2. The smallest absolute Gasteiger partial charge is 0.172 e. The van der Waals surface area contributed by atoms with Crippen LogP contribution in [-0.2, 0) is 0 Å². The van der Waals surface area contributed by atoms with Crippen LogP contribution in [0.25, 0.3) is 5.69 Å². The van der Waals surface area contributed by atoms with Crippen LogP contribution in [0.15, 0.2) is 60.0 Å². The Morgan fingerprint density at radius 3 is 2.68 bits per heavy atom.